The van der Waals surface area contributed by atoms with Crippen molar-refractivity contribution in [3.63, 3.8) is 0 Å². The lowest BCUT2D eigenvalue weighted by Crippen LogP contribution is -2.38. The molecule has 1 heterocycles. The number of nitrogens with zero attached hydrogens (tertiary/aromatic N) is 1. The van der Waals surface area contributed by atoms with Crippen LogP contribution < -0.4 is 0 Å². The third-order valence-corrected chi connectivity index (χ3v) is 3.05. The highest BCUT2D eigenvalue weighted by atomic mass is 19.1. The molecule has 1 saturated heterocycles. The summed E-state index contributed by atoms with van der Waals surface area (Å²) in [5.41, 5.74) is 0.762. The Balaban J connectivity index is 2.49. The first-order chi connectivity index (χ1) is 8.02. The lowest BCUT2D eigenvalue weighted by atomic mass is 9.91. The minimum atomic E-state index is -0.353. The Hall–Kier alpha value is -1.38. The number of allylic oxidation sites excluding steroid dienone is 4. The van der Waals surface area contributed by atoms with Crippen LogP contribution in [0.4, 0.5) is 4.39 Å². The summed E-state index contributed by atoms with van der Waals surface area (Å²) in [5, 5.41) is 0. The van der Waals surface area contributed by atoms with Crippen LogP contribution in [-0.4, -0.2) is 23.9 Å². The van der Waals surface area contributed by atoms with Gasteiger partial charge in [-0.3, -0.25) is 4.79 Å². The Kier molecular flexibility index (Phi) is 5.13. The maximum Gasteiger partial charge on any atom is 0.219 e. The molecule has 0 bridgehead atoms. The predicted octanol–water partition coefficient (Wildman–Crippen LogP) is 3.23. The van der Waals surface area contributed by atoms with Crippen molar-refractivity contribution in [2.24, 2.45) is 5.92 Å². The van der Waals surface area contributed by atoms with E-state index in [2.05, 4.69) is 13.2 Å². The minimum absolute atomic E-state index is 0.119. The zero-order chi connectivity index (χ0) is 12.8. The maximum atomic E-state index is 13.0. The fourth-order valence-electron chi connectivity index (χ4n) is 2.20. The predicted molar refractivity (Wildman–Crippen MR) is 68.1 cm³/mol. The summed E-state index contributed by atoms with van der Waals surface area (Å²) in [4.78, 5) is 13.1. The molecule has 0 radical (unpaired) electrons. The normalized spacial score (nSPS) is 21.2. The highest BCUT2D eigenvalue weighted by molar-refractivity contribution is 5.73. The molecule has 2 nitrogen and oxygen atoms in total. The highest BCUT2D eigenvalue weighted by Crippen LogP contribution is 2.23. The van der Waals surface area contributed by atoms with Crippen molar-refractivity contribution in [3.8, 4) is 0 Å². The van der Waals surface area contributed by atoms with Crippen LogP contribution in [-0.2, 0) is 4.79 Å². The number of piperidine rings is 1. The van der Waals surface area contributed by atoms with E-state index in [1.54, 1.807) is 6.92 Å². The number of hydrogen-bond donors (Lipinski definition) is 0. The lowest BCUT2D eigenvalue weighted by molar-refractivity contribution is -0.130. The van der Waals surface area contributed by atoms with Gasteiger partial charge in [0.25, 0.3) is 0 Å². The maximum absolute atomic E-state index is 13.0. The van der Waals surface area contributed by atoms with Crippen LogP contribution in [0.1, 0.15) is 26.2 Å². The summed E-state index contributed by atoms with van der Waals surface area (Å²) in [6.45, 7) is 10.4. The number of amides is 1. The van der Waals surface area contributed by atoms with E-state index in [-0.39, 0.29) is 11.7 Å². The molecule has 0 spiro atoms. The van der Waals surface area contributed by atoms with Crippen LogP contribution in [0.25, 0.3) is 0 Å². The van der Waals surface area contributed by atoms with Crippen molar-refractivity contribution in [1.82, 2.24) is 4.90 Å². The Morgan fingerprint density at radius 3 is 2.88 bits per heavy atom. The first kappa shape index (κ1) is 13.7. The second-order valence-corrected chi connectivity index (χ2v) is 4.57. The van der Waals surface area contributed by atoms with Crippen molar-refractivity contribution in [2.45, 2.75) is 26.2 Å². The number of hydrogen-bond acceptors (Lipinski definition) is 1. The molecule has 94 valence electrons. The standard InChI is InChI=1S/C14H20FNO/c1-4-14(15)9-11(2)8-13-6-5-7-16(10-13)12(3)17/h4,9,13H,1-2,5-8,10H2,3H3/b14-9+. The van der Waals surface area contributed by atoms with Crippen molar-refractivity contribution >= 4 is 5.91 Å². The molecule has 17 heavy (non-hydrogen) atoms. The van der Waals surface area contributed by atoms with E-state index in [0.717, 1.165) is 37.9 Å². The second-order valence-electron chi connectivity index (χ2n) is 4.57. The van der Waals surface area contributed by atoms with Gasteiger partial charge in [-0.25, -0.2) is 4.39 Å². The zero-order valence-corrected chi connectivity index (χ0v) is 10.4. The summed E-state index contributed by atoms with van der Waals surface area (Å²) < 4.78 is 13.0. The summed E-state index contributed by atoms with van der Waals surface area (Å²) >= 11 is 0. The fraction of sp³-hybridized carbons (Fsp3) is 0.500. The van der Waals surface area contributed by atoms with Gasteiger partial charge >= 0.3 is 0 Å². The molecule has 0 N–H and O–H groups in total. The summed E-state index contributed by atoms with van der Waals surface area (Å²) in [6.07, 6.45) is 5.43. The molecule has 1 aliphatic rings. The van der Waals surface area contributed by atoms with Gasteiger partial charge in [-0.05, 0) is 37.3 Å². The lowest BCUT2D eigenvalue weighted by Gasteiger charge is -2.32. The molecule has 0 aliphatic carbocycles. The van der Waals surface area contributed by atoms with Gasteiger partial charge in [0.15, 0.2) is 0 Å². The van der Waals surface area contributed by atoms with E-state index in [0.29, 0.717) is 5.92 Å². The van der Waals surface area contributed by atoms with Gasteiger partial charge in [0, 0.05) is 20.0 Å². The van der Waals surface area contributed by atoms with Crippen LogP contribution >= 0.6 is 0 Å². The van der Waals surface area contributed by atoms with Crippen LogP contribution in [0, 0.1) is 5.92 Å². The van der Waals surface area contributed by atoms with Gasteiger partial charge in [0.2, 0.25) is 5.91 Å². The van der Waals surface area contributed by atoms with Crippen LogP contribution in [0.2, 0.25) is 0 Å². The molecule has 1 rings (SSSR count). The van der Waals surface area contributed by atoms with Crippen molar-refractivity contribution in [2.75, 3.05) is 13.1 Å². The van der Waals surface area contributed by atoms with E-state index in [1.807, 2.05) is 4.90 Å². The SMILES string of the molecule is C=C/C(F)=C\C(=C)CC1CCCN(C(C)=O)C1. The van der Waals surface area contributed by atoms with E-state index in [4.69, 9.17) is 0 Å². The molecule has 0 aromatic heterocycles. The fourth-order valence-corrected chi connectivity index (χ4v) is 2.20. The van der Waals surface area contributed by atoms with E-state index >= 15 is 0 Å². The third kappa shape index (κ3) is 4.55. The van der Waals surface area contributed by atoms with Gasteiger partial charge in [0.05, 0.1) is 0 Å². The summed E-state index contributed by atoms with van der Waals surface area (Å²) in [7, 11) is 0. The molecule has 3 heteroatoms. The van der Waals surface area contributed by atoms with E-state index < -0.39 is 0 Å². The Morgan fingerprint density at radius 2 is 2.29 bits per heavy atom. The van der Waals surface area contributed by atoms with Crippen molar-refractivity contribution in [1.29, 1.82) is 0 Å². The minimum Gasteiger partial charge on any atom is -0.343 e. The molecular weight excluding hydrogens is 217 g/mol. The van der Waals surface area contributed by atoms with Gasteiger partial charge in [-0.15, -0.1) is 0 Å². The largest absolute Gasteiger partial charge is 0.343 e. The third-order valence-electron chi connectivity index (χ3n) is 3.05. The second kappa shape index (κ2) is 6.38. The number of carbonyl (C=O) groups is 1. The average molecular weight is 237 g/mol. The van der Waals surface area contributed by atoms with Crippen molar-refractivity contribution in [3.05, 3.63) is 36.7 Å². The molecular formula is C14H20FNO. The average Bonchev–Trinajstić information content (AvgIpc) is 2.28. The molecule has 0 aromatic carbocycles. The first-order valence-electron chi connectivity index (χ1n) is 5.96. The highest BCUT2D eigenvalue weighted by Gasteiger charge is 2.21. The van der Waals surface area contributed by atoms with Gasteiger partial charge in [-0.1, -0.05) is 18.7 Å². The van der Waals surface area contributed by atoms with Crippen LogP contribution in [0.15, 0.2) is 36.7 Å². The Morgan fingerprint density at radius 1 is 1.59 bits per heavy atom. The summed E-state index contributed by atoms with van der Waals surface area (Å²) in [6, 6.07) is 0. The molecule has 0 aromatic rings. The molecule has 1 aliphatic heterocycles. The number of halogens is 1. The van der Waals surface area contributed by atoms with Crippen LogP contribution in [0.5, 0.6) is 0 Å². The van der Waals surface area contributed by atoms with E-state index in [9.17, 15) is 9.18 Å². The van der Waals surface area contributed by atoms with E-state index in [1.165, 1.54) is 12.2 Å². The first-order valence-corrected chi connectivity index (χ1v) is 5.96. The Bertz CT molecular complexity index is 346. The molecule has 1 unspecified atom stereocenters. The number of carbonyl (C=O) groups excluding carboxylic acids is 1. The number of rotatable bonds is 4. The molecule has 1 fully saturated rings. The molecule has 1 atom stereocenters. The smallest absolute Gasteiger partial charge is 0.219 e. The zero-order valence-electron chi connectivity index (χ0n) is 10.4. The van der Waals surface area contributed by atoms with Gasteiger partial charge in [-0.2, -0.15) is 0 Å². The molecule has 1 amide bonds. The van der Waals surface area contributed by atoms with Gasteiger partial charge in [0.1, 0.15) is 5.83 Å². The monoisotopic (exact) mass is 237 g/mol. The van der Waals surface area contributed by atoms with Gasteiger partial charge < -0.3 is 4.90 Å². The topological polar surface area (TPSA) is 20.3 Å². The van der Waals surface area contributed by atoms with Crippen LogP contribution in [0.3, 0.4) is 0 Å². The quantitative estimate of drug-likeness (QED) is 0.687. The number of likely N-dealkylation sites (tertiary alicyclic amines) is 1. The summed E-state index contributed by atoms with van der Waals surface area (Å²) in [5.74, 6) is 0.163. The van der Waals surface area contributed by atoms with Crippen molar-refractivity contribution < 1.29 is 9.18 Å². The Labute approximate surface area is 102 Å². The molecule has 0 saturated carbocycles.